The number of anilines is 1. The molecule has 0 radical (unpaired) electrons. The summed E-state index contributed by atoms with van der Waals surface area (Å²) >= 11 is 12.4. The molecule has 0 atom stereocenters. The van der Waals surface area contributed by atoms with Gasteiger partial charge in [0.25, 0.3) is 0 Å². The number of pyridine rings is 1. The second-order valence-electron chi connectivity index (χ2n) is 4.63. The van der Waals surface area contributed by atoms with Gasteiger partial charge < -0.3 is 5.32 Å². The first-order valence-corrected chi connectivity index (χ1v) is 7.60. The Morgan fingerprint density at radius 2 is 1.75 bits per heavy atom. The van der Waals surface area contributed by atoms with E-state index in [4.69, 9.17) is 23.2 Å². The Morgan fingerprint density at radius 1 is 1.05 bits per heavy atom. The standard InChI is InChI=1S/C16H18Cl2N2/c1-3-5-11-6-8-12(9-7-11)15-13(17)10-14(18)16(20-15)19-4-2/h6-10H,3-5H2,1-2H3,(H,19,20). The van der Waals surface area contributed by atoms with E-state index < -0.39 is 0 Å². The van der Waals surface area contributed by atoms with Crippen LogP contribution in [-0.2, 0) is 6.42 Å². The molecule has 0 spiro atoms. The van der Waals surface area contributed by atoms with Gasteiger partial charge in [0, 0.05) is 12.1 Å². The smallest absolute Gasteiger partial charge is 0.145 e. The van der Waals surface area contributed by atoms with Gasteiger partial charge in [0.1, 0.15) is 5.82 Å². The lowest BCUT2D eigenvalue weighted by Gasteiger charge is -2.10. The summed E-state index contributed by atoms with van der Waals surface area (Å²) in [5.41, 5.74) is 3.09. The summed E-state index contributed by atoms with van der Waals surface area (Å²) in [6.45, 7) is 4.95. The minimum atomic E-state index is 0.545. The highest BCUT2D eigenvalue weighted by molar-refractivity contribution is 6.37. The molecule has 106 valence electrons. The number of aryl methyl sites for hydroxylation is 1. The predicted octanol–water partition coefficient (Wildman–Crippen LogP) is 5.44. The number of nitrogens with one attached hydrogen (secondary N) is 1. The molecular weight excluding hydrogens is 291 g/mol. The van der Waals surface area contributed by atoms with Gasteiger partial charge in [-0.05, 0) is 25.0 Å². The third-order valence-electron chi connectivity index (χ3n) is 3.04. The van der Waals surface area contributed by atoms with Gasteiger partial charge >= 0.3 is 0 Å². The molecule has 1 N–H and O–H groups in total. The van der Waals surface area contributed by atoms with Crippen molar-refractivity contribution in [2.24, 2.45) is 0 Å². The van der Waals surface area contributed by atoms with Crippen LogP contribution < -0.4 is 5.32 Å². The molecule has 1 aromatic heterocycles. The van der Waals surface area contributed by atoms with Gasteiger partial charge in [-0.1, -0.05) is 60.8 Å². The minimum absolute atomic E-state index is 0.545. The lowest BCUT2D eigenvalue weighted by Crippen LogP contribution is -2.01. The first-order chi connectivity index (χ1) is 9.65. The lowest BCUT2D eigenvalue weighted by molar-refractivity contribution is 0.922. The highest BCUT2D eigenvalue weighted by atomic mass is 35.5. The molecule has 2 rings (SSSR count). The number of hydrogen-bond acceptors (Lipinski definition) is 2. The maximum atomic E-state index is 6.26. The van der Waals surface area contributed by atoms with Crippen molar-refractivity contribution in [2.45, 2.75) is 26.7 Å². The van der Waals surface area contributed by atoms with Crippen LogP contribution in [0.3, 0.4) is 0 Å². The third kappa shape index (κ3) is 3.44. The Hall–Kier alpha value is -1.25. The van der Waals surface area contributed by atoms with Gasteiger partial charge in [0.05, 0.1) is 15.7 Å². The van der Waals surface area contributed by atoms with Crippen LogP contribution >= 0.6 is 23.2 Å². The molecule has 0 saturated carbocycles. The molecule has 4 heteroatoms. The van der Waals surface area contributed by atoms with E-state index in [1.807, 2.05) is 6.92 Å². The second kappa shape index (κ2) is 6.96. The first-order valence-electron chi connectivity index (χ1n) is 6.85. The van der Waals surface area contributed by atoms with E-state index in [-0.39, 0.29) is 0 Å². The van der Waals surface area contributed by atoms with Crippen molar-refractivity contribution >= 4 is 29.0 Å². The Balaban J connectivity index is 2.38. The van der Waals surface area contributed by atoms with Gasteiger partial charge in [0.2, 0.25) is 0 Å². The van der Waals surface area contributed by atoms with Crippen molar-refractivity contribution in [1.29, 1.82) is 0 Å². The zero-order chi connectivity index (χ0) is 14.5. The maximum Gasteiger partial charge on any atom is 0.145 e. The molecule has 0 aliphatic rings. The van der Waals surface area contributed by atoms with E-state index in [1.54, 1.807) is 6.07 Å². The van der Waals surface area contributed by atoms with Crippen LogP contribution in [-0.4, -0.2) is 11.5 Å². The summed E-state index contributed by atoms with van der Waals surface area (Å²) in [6, 6.07) is 10.1. The fraction of sp³-hybridized carbons (Fsp3) is 0.312. The maximum absolute atomic E-state index is 6.26. The number of nitrogens with zero attached hydrogens (tertiary/aromatic N) is 1. The predicted molar refractivity (Wildman–Crippen MR) is 87.9 cm³/mol. The molecule has 0 fully saturated rings. The van der Waals surface area contributed by atoms with E-state index in [0.29, 0.717) is 15.9 Å². The number of halogens is 2. The van der Waals surface area contributed by atoms with Gasteiger partial charge in [-0.15, -0.1) is 0 Å². The van der Waals surface area contributed by atoms with Gasteiger partial charge in [-0.2, -0.15) is 0 Å². The van der Waals surface area contributed by atoms with E-state index in [1.165, 1.54) is 5.56 Å². The molecule has 0 amide bonds. The Bertz CT molecular complexity index is 580. The average Bonchev–Trinajstić information content (AvgIpc) is 2.43. The van der Waals surface area contributed by atoms with Gasteiger partial charge in [-0.25, -0.2) is 4.98 Å². The molecule has 2 nitrogen and oxygen atoms in total. The Labute approximate surface area is 130 Å². The van der Waals surface area contributed by atoms with Gasteiger partial charge in [-0.3, -0.25) is 0 Å². The summed E-state index contributed by atoms with van der Waals surface area (Å²) in [5.74, 6) is 0.672. The van der Waals surface area contributed by atoms with Crippen LogP contribution in [0.15, 0.2) is 30.3 Å². The van der Waals surface area contributed by atoms with Crippen molar-refractivity contribution in [2.75, 3.05) is 11.9 Å². The van der Waals surface area contributed by atoms with E-state index in [9.17, 15) is 0 Å². The third-order valence-corrected chi connectivity index (χ3v) is 3.62. The number of aromatic nitrogens is 1. The number of benzene rings is 1. The van der Waals surface area contributed by atoms with Crippen LogP contribution in [0.1, 0.15) is 25.8 Å². The number of rotatable bonds is 5. The van der Waals surface area contributed by atoms with E-state index in [2.05, 4.69) is 41.5 Å². The summed E-state index contributed by atoms with van der Waals surface area (Å²) in [4.78, 5) is 4.53. The zero-order valence-corrected chi connectivity index (χ0v) is 13.2. The normalized spacial score (nSPS) is 10.6. The van der Waals surface area contributed by atoms with E-state index in [0.717, 1.165) is 30.6 Å². The molecule has 0 aliphatic carbocycles. The van der Waals surface area contributed by atoms with Crippen molar-refractivity contribution in [3.8, 4) is 11.3 Å². The highest BCUT2D eigenvalue weighted by Gasteiger charge is 2.10. The lowest BCUT2D eigenvalue weighted by atomic mass is 10.1. The molecule has 0 saturated heterocycles. The molecule has 0 aliphatic heterocycles. The summed E-state index contributed by atoms with van der Waals surface area (Å²) in [7, 11) is 0. The van der Waals surface area contributed by atoms with Crippen molar-refractivity contribution < 1.29 is 0 Å². The van der Waals surface area contributed by atoms with Crippen molar-refractivity contribution in [3.63, 3.8) is 0 Å². The summed E-state index contributed by atoms with van der Waals surface area (Å²) in [6.07, 6.45) is 2.23. The molecule has 1 heterocycles. The molecule has 0 unspecified atom stereocenters. The largest absolute Gasteiger partial charge is 0.369 e. The number of hydrogen-bond donors (Lipinski definition) is 1. The van der Waals surface area contributed by atoms with Crippen LogP contribution in [0.25, 0.3) is 11.3 Å². The van der Waals surface area contributed by atoms with Gasteiger partial charge in [0.15, 0.2) is 0 Å². The van der Waals surface area contributed by atoms with Crippen molar-refractivity contribution in [1.82, 2.24) is 4.98 Å². The van der Waals surface area contributed by atoms with Crippen LogP contribution in [0.5, 0.6) is 0 Å². The minimum Gasteiger partial charge on any atom is -0.369 e. The topological polar surface area (TPSA) is 24.9 Å². The molecular formula is C16H18Cl2N2. The summed E-state index contributed by atoms with van der Waals surface area (Å²) in [5, 5.41) is 4.26. The quantitative estimate of drug-likeness (QED) is 0.795. The molecule has 1 aromatic carbocycles. The van der Waals surface area contributed by atoms with Crippen LogP contribution in [0.2, 0.25) is 10.0 Å². The monoisotopic (exact) mass is 308 g/mol. The van der Waals surface area contributed by atoms with Crippen LogP contribution in [0, 0.1) is 0 Å². The second-order valence-corrected chi connectivity index (χ2v) is 5.44. The SMILES string of the molecule is CCCc1ccc(-c2nc(NCC)c(Cl)cc2Cl)cc1. The highest BCUT2D eigenvalue weighted by Crippen LogP contribution is 2.32. The van der Waals surface area contributed by atoms with E-state index >= 15 is 0 Å². The zero-order valence-electron chi connectivity index (χ0n) is 11.7. The Morgan fingerprint density at radius 3 is 2.35 bits per heavy atom. The molecule has 0 bridgehead atoms. The molecule has 20 heavy (non-hydrogen) atoms. The fourth-order valence-corrected chi connectivity index (χ4v) is 2.61. The average molecular weight is 309 g/mol. The fourth-order valence-electron chi connectivity index (χ4n) is 2.08. The molecule has 2 aromatic rings. The first kappa shape index (κ1) is 15.1. The summed E-state index contributed by atoms with van der Waals surface area (Å²) < 4.78 is 0. The van der Waals surface area contributed by atoms with Crippen LogP contribution in [0.4, 0.5) is 5.82 Å². The van der Waals surface area contributed by atoms with Crippen molar-refractivity contribution in [3.05, 3.63) is 45.9 Å². The Kier molecular flexibility index (Phi) is 5.27.